The predicted molar refractivity (Wildman–Crippen MR) is 59.3 cm³/mol. The Morgan fingerprint density at radius 3 is 2.87 bits per heavy atom. The number of anilines is 1. The minimum absolute atomic E-state index is 0.524. The van der Waals surface area contributed by atoms with Gasteiger partial charge in [-0.2, -0.15) is 0 Å². The number of halogens is 1. The molecule has 84 valence electrons. The fourth-order valence-corrected chi connectivity index (χ4v) is 1.67. The smallest absolute Gasteiger partial charge is 0.318 e. The maximum Gasteiger partial charge on any atom is 0.318 e. The molecule has 0 radical (unpaired) electrons. The molecule has 1 aromatic rings. The average molecular weight is 230 g/mol. The highest BCUT2D eigenvalue weighted by Crippen LogP contribution is 2.30. The maximum absolute atomic E-state index is 5.61. The highest BCUT2D eigenvalue weighted by molar-refractivity contribution is 6.17. The maximum atomic E-state index is 5.61. The van der Waals surface area contributed by atoms with Crippen LogP contribution in [0.25, 0.3) is 0 Å². The van der Waals surface area contributed by atoms with Gasteiger partial charge in [-0.25, -0.2) is 0 Å². The number of alkyl halides is 1. The van der Waals surface area contributed by atoms with Crippen LogP contribution in [0.3, 0.4) is 0 Å². The molecule has 0 amide bonds. The van der Waals surface area contributed by atoms with Crippen LogP contribution in [0.2, 0.25) is 0 Å². The summed E-state index contributed by atoms with van der Waals surface area (Å²) in [5.41, 5.74) is 0. The third kappa shape index (κ3) is 2.84. The minimum atomic E-state index is 0.524. The first-order valence-corrected chi connectivity index (χ1v) is 6.00. The van der Waals surface area contributed by atoms with Crippen LogP contribution in [-0.2, 0) is 6.42 Å². The summed E-state index contributed by atoms with van der Waals surface area (Å²) in [5, 5.41) is 8.00. The van der Waals surface area contributed by atoms with Crippen molar-refractivity contribution in [3.63, 3.8) is 0 Å². The van der Waals surface area contributed by atoms with Crippen LogP contribution in [0.4, 0.5) is 6.01 Å². The number of nitrogens with zero attached hydrogens (tertiary/aromatic N) is 3. The lowest BCUT2D eigenvalue weighted by Crippen LogP contribution is -2.25. The zero-order valence-electron chi connectivity index (χ0n) is 8.95. The molecule has 0 aromatic carbocycles. The Morgan fingerprint density at radius 2 is 2.27 bits per heavy atom. The first-order valence-electron chi connectivity index (χ1n) is 5.46. The summed E-state index contributed by atoms with van der Waals surface area (Å²) in [5.74, 6) is 1.98. The summed E-state index contributed by atoms with van der Waals surface area (Å²) in [6.45, 7) is 4.06. The number of hydrogen-bond acceptors (Lipinski definition) is 4. The predicted octanol–water partition coefficient (Wildman–Crippen LogP) is 2.09. The Morgan fingerprint density at radius 1 is 1.47 bits per heavy atom. The van der Waals surface area contributed by atoms with Crippen LogP contribution < -0.4 is 4.90 Å². The first-order chi connectivity index (χ1) is 7.33. The van der Waals surface area contributed by atoms with Gasteiger partial charge in [-0.05, 0) is 25.7 Å². The summed E-state index contributed by atoms with van der Waals surface area (Å²) in [6.07, 6.45) is 3.31. The van der Waals surface area contributed by atoms with E-state index in [9.17, 15) is 0 Å². The molecule has 1 fully saturated rings. The number of rotatable bonds is 6. The average Bonchev–Trinajstić information content (AvgIpc) is 2.95. The van der Waals surface area contributed by atoms with Gasteiger partial charge in [0.2, 0.25) is 5.89 Å². The monoisotopic (exact) mass is 229 g/mol. The van der Waals surface area contributed by atoms with Gasteiger partial charge < -0.3 is 9.32 Å². The van der Waals surface area contributed by atoms with E-state index in [0.29, 0.717) is 24.2 Å². The van der Waals surface area contributed by atoms with Gasteiger partial charge >= 0.3 is 6.01 Å². The number of aromatic nitrogens is 2. The Hall–Kier alpha value is -0.770. The minimum Gasteiger partial charge on any atom is -0.408 e. The zero-order chi connectivity index (χ0) is 10.7. The van der Waals surface area contributed by atoms with E-state index in [1.807, 2.05) is 0 Å². The Labute approximate surface area is 94.6 Å². The van der Waals surface area contributed by atoms with E-state index in [4.69, 9.17) is 16.0 Å². The topological polar surface area (TPSA) is 42.2 Å². The second kappa shape index (κ2) is 4.84. The van der Waals surface area contributed by atoms with Crippen LogP contribution in [0.15, 0.2) is 4.42 Å². The summed E-state index contributed by atoms with van der Waals surface area (Å²) < 4.78 is 5.52. The standard InChI is InChI=1S/C10H16ClN3O/c1-2-14(7-8-3-4-8)10-13-12-9(15-10)5-6-11/h8H,2-7H2,1H3. The van der Waals surface area contributed by atoms with Crippen LogP contribution in [-0.4, -0.2) is 29.2 Å². The molecular formula is C10H16ClN3O. The Bertz CT molecular complexity index is 311. The molecule has 0 bridgehead atoms. The van der Waals surface area contributed by atoms with Crippen LogP contribution >= 0.6 is 11.6 Å². The lowest BCUT2D eigenvalue weighted by molar-refractivity contribution is 0.486. The van der Waals surface area contributed by atoms with Gasteiger partial charge in [0, 0.05) is 25.4 Å². The molecule has 0 N–H and O–H groups in total. The van der Waals surface area contributed by atoms with Gasteiger partial charge in [0.15, 0.2) is 0 Å². The molecule has 0 spiro atoms. The van der Waals surface area contributed by atoms with E-state index < -0.39 is 0 Å². The van der Waals surface area contributed by atoms with Gasteiger partial charge in [-0.3, -0.25) is 0 Å². The van der Waals surface area contributed by atoms with E-state index in [1.165, 1.54) is 12.8 Å². The molecule has 0 atom stereocenters. The Kier molecular flexibility index (Phi) is 3.46. The summed E-state index contributed by atoms with van der Waals surface area (Å²) >= 11 is 5.61. The van der Waals surface area contributed by atoms with E-state index in [1.54, 1.807) is 0 Å². The summed E-state index contributed by atoms with van der Waals surface area (Å²) in [7, 11) is 0. The highest BCUT2D eigenvalue weighted by Gasteiger charge is 2.25. The molecule has 1 aromatic heterocycles. The molecule has 4 nitrogen and oxygen atoms in total. The third-order valence-electron chi connectivity index (χ3n) is 2.59. The lowest BCUT2D eigenvalue weighted by atomic mass is 10.4. The highest BCUT2D eigenvalue weighted by atomic mass is 35.5. The van der Waals surface area contributed by atoms with Crippen molar-refractivity contribution in [3.8, 4) is 0 Å². The molecule has 0 saturated heterocycles. The molecule has 0 unspecified atom stereocenters. The van der Waals surface area contributed by atoms with E-state index in [2.05, 4.69) is 22.0 Å². The second-order valence-corrected chi connectivity index (χ2v) is 4.28. The van der Waals surface area contributed by atoms with Gasteiger partial charge in [0.25, 0.3) is 0 Å². The van der Waals surface area contributed by atoms with Crippen molar-refractivity contribution in [2.24, 2.45) is 5.92 Å². The van der Waals surface area contributed by atoms with Crippen LogP contribution in [0.1, 0.15) is 25.7 Å². The second-order valence-electron chi connectivity index (χ2n) is 3.90. The third-order valence-corrected chi connectivity index (χ3v) is 2.78. The molecule has 5 heteroatoms. The van der Waals surface area contributed by atoms with E-state index >= 15 is 0 Å². The largest absolute Gasteiger partial charge is 0.408 e. The van der Waals surface area contributed by atoms with Crippen molar-refractivity contribution in [2.75, 3.05) is 23.9 Å². The van der Waals surface area contributed by atoms with Crippen LogP contribution in [0, 0.1) is 5.92 Å². The molecule has 1 saturated carbocycles. The molecule has 0 aliphatic heterocycles. The van der Waals surface area contributed by atoms with Crippen molar-refractivity contribution < 1.29 is 4.42 Å². The number of aryl methyl sites for hydroxylation is 1. The van der Waals surface area contributed by atoms with Gasteiger partial charge in [-0.1, -0.05) is 5.10 Å². The van der Waals surface area contributed by atoms with Crippen molar-refractivity contribution in [3.05, 3.63) is 5.89 Å². The summed E-state index contributed by atoms with van der Waals surface area (Å²) in [4.78, 5) is 2.14. The fourth-order valence-electron chi connectivity index (χ4n) is 1.51. The SMILES string of the molecule is CCN(CC1CC1)c1nnc(CCCl)o1. The van der Waals surface area contributed by atoms with Crippen molar-refractivity contribution in [1.82, 2.24) is 10.2 Å². The normalized spacial score (nSPS) is 15.6. The molecule has 1 heterocycles. The van der Waals surface area contributed by atoms with Gasteiger partial charge in [-0.15, -0.1) is 16.7 Å². The van der Waals surface area contributed by atoms with E-state index in [-0.39, 0.29) is 0 Å². The van der Waals surface area contributed by atoms with E-state index in [0.717, 1.165) is 19.0 Å². The summed E-state index contributed by atoms with van der Waals surface area (Å²) in [6, 6.07) is 0.643. The number of hydrogen-bond donors (Lipinski definition) is 0. The van der Waals surface area contributed by atoms with Crippen molar-refractivity contribution in [2.45, 2.75) is 26.2 Å². The van der Waals surface area contributed by atoms with Crippen molar-refractivity contribution in [1.29, 1.82) is 0 Å². The van der Waals surface area contributed by atoms with Crippen LogP contribution in [0.5, 0.6) is 0 Å². The van der Waals surface area contributed by atoms with Crippen molar-refractivity contribution >= 4 is 17.6 Å². The molecule has 15 heavy (non-hydrogen) atoms. The molecule has 2 rings (SSSR count). The van der Waals surface area contributed by atoms with Gasteiger partial charge in [0.05, 0.1) is 0 Å². The first kappa shape index (κ1) is 10.7. The quantitative estimate of drug-likeness (QED) is 0.701. The Balaban J connectivity index is 1.97. The molecular weight excluding hydrogens is 214 g/mol. The van der Waals surface area contributed by atoms with Gasteiger partial charge in [0.1, 0.15) is 0 Å². The fraction of sp³-hybridized carbons (Fsp3) is 0.800. The lowest BCUT2D eigenvalue weighted by Gasteiger charge is -2.16. The molecule has 1 aliphatic carbocycles. The molecule has 1 aliphatic rings. The zero-order valence-corrected chi connectivity index (χ0v) is 9.70.